The van der Waals surface area contributed by atoms with Crippen LogP contribution in [0.4, 0.5) is 0 Å². The summed E-state index contributed by atoms with van der Waals surface area (Å²) in [6, 6.07) is 7.24. The van der Waals surface area contributed by atoms with E-state index in [2.05, 4.69) is 15.3 Å². The van der Waals surface area contributed by atoms with Crippen LogP contribution in [0.3, 0.4) is 0 Å². The van der Waals surface area contributed by atoms with Crippen molar-refractivity contribution in [2.45, 2.75) is 6.42 Å². The second-order valence-electron chi connectivity index (χ2n) is 3.95. The molecule has 0 bridgehead atoms. The zero-order valence-corrected chi connectivity index (χ0v) is 10.8. The van der Waals surface area contributed by atoms with Gasteiger partial charge in [0.25, 0.3) is 5.56 Å². The first-order valence-electron chi connectivity index (χ1n) is 5.69. The lowest BCUT2D eigenvalue weighted by atomic mass is 10.2. The third-order valence-electron chi connectivity index (χ3n) is 2.62. The summed E-state index contributed by atoms with van der Waals surface area (Å²) in [7, 11) is 1.85. The van der Waals surface area contributed by atoms with E-state index in [0.717, 1.165) is 12.1 Å². The highest BCUT2D eigenvalue weighted by Crippen LogP contribution is 2.18. The summed E-state index contributed by atoms with van der Waals surface area (Å²) in [5.41, 5.74) is 1.38. The number of benzene rings is 1. The maximum absolute atomic E-state index is 11.8. The van der Waals surface area contributed by atoms with Gasteiger partial charge >= 0.3 is 0 Å². The molecule has 94 valence electrons. The molecule has 5 heteroatoms. The highest BCUT2D eigenvalue weighted by molar-refractivity contribution is 6.30. The van der Waals surface area contributed by atoms with Gasteiger partial charge in [0.1, 0.15) is 5.82 Å². The molecule has 0 fully saturated rings. The Bertz CT molecular complexity index is 595. The van der Waals surface area contributed by atoms with E-state index < -0.39 is 0 Å². The zero-order chi connectivity index (χ0) is 13.0. The van der Waals surface area contributed by atoms with Crippen LogP contribution in [0.1, 0.15) is 5.56 Å². The third kappa shape index (κ3) is 2.97. The standard InChI is InChI=1S/C13H14ClN3O/c1-15-6-5-10-8-16-12(17-13(10)18)9-3-2-4-11(14)7-9/h2-4,7-8,15H,5-6H2,1H3,(H,16,17,18). The molecule has 2 rings (SSSR count). The molecule has 0 aliphatic carbocycles. The molecule has 0 aliphatic heterocycles. The fourth-order valence-corrected chi connectivity index (χ4v) is 1.83. The lowest BCUT2D eigenvalue weighted by molar-refractivity contribution is 0.781. The highest BCUT2D eigenvalue weighted by Gasteiger charge is 2.04. The number of rotatable bonds is 4. The average molecular weight is 264 g/mol. The summed E-state index contributed by atoms with van der Waals surface area (Å²) in [5.74, 6) is 0.538. The van der Waals surface area contributed by atoms with Crippen LogP contribution in [-0.4, -0.2) is 23.6 Å². The quantitative estimate of drug-likeness (QED) is 0.885. The van der Waals surface area contributed by atoms with Gasteiger partial charge in [0, 0.05) is 22.3 Å². The van der Waals surface area contributed by atoms with Gasteiger partial charge in [-0.1, -0.05) is 23.7 Å². The van der Waals surface area contributed by atoms with Gasteiger partial charge < -0.3 is 10.3 Å². The normalized spacial score (nSPS) is 10.6. The van der Waals surface area contributed by atoms with Gasteiger partial charge in [0.05, 0.1) is 0 Å². The molecule has 0 unspecified atom stereocenters. The Morgan fingerprint density at radius 2 is 2.28 bits per heavy atom. The zero-order valence-electron chi connectivity index (χ0n) is 10.0. The van der Waals surface area contributed by atoms with E-state index in [1.165, 1.54) is 0 Å². The number of likely N-dealkylation sites (N-methyl/N-ethyl adjacent to an activating group) is 1. The summed E-state index contributed by atoms with van der Waals surface area (Å²) in [6.07, 6.45) is 2.28. The number of nitrogens with one attached hydrogen (secondary N) is 2. The maximum atomic E-state index is 11.8. The van der Waals surface area contributed by atoms with E-state index in [1.54, 1.807) is 18.3 Å². The van der Waals surface area contributed by atoms with Crippen LogP contribution >= 0.6 is 11.6 Å². The van der Waals surface area contributed by atoms with Crippen LogP contribution < -0.4 is 10.9 Å². The Labute approximate surface area is 110 Å². The molecule has 18 heavy (non-hydrogen) atoms. The predicted molar refractivity (Wildman–Crippen MR) is 72.9 cm³/mol. The van der Waals surface area contributed by atoms with Crippen molar-refractivity contribution < 1.29 is 0 Å². The Morgan fingerprint density at radius 1 is 1.44 bits per heavy atom. The SMILES string of the molecule is CNCCc1cnc(-c2cccc(Cl)c2)[nH]c1=O. The molecule has 0 aliphatic rings. The molecule has 0 spiro atoms. The van der Waals surface area contributed by atoms with Crippen molar-refractivity contribution in [2.24, 2.45) is 0 Å². The summed E-state index contributed by atoms with van der Waals surface area (Å²) < 4.78 is 0. The van der Waals surface area contributed by atoms with Gasteiger partial charge in [0.15, 0.2) is 0 Å². The van der Waals surface area contributed by atoms with Crippen molar-refractivity contribution in [1.82, 2.24) is 15.3 Å². The molecule has 4 nitrogen and oxygen atoms in total. The lowest BCUT2D eigenvalue weighted by Crippen LogP contribution is -2.19. The second-order valence-corrected chi connectivity index (χ2v) is 4.39. The Morgan fingerprint density at radius 3 is 2.94 bits per heavy atom. The minimum Gasteiger partial charge on any atom is -0.319 e. The third-order valence-corrected chi connectivity index (χ3v) is 2.85. The molecule has 0 saturated carbocycles. The van der Waals surface area contributed by atoms with Crippen molar-refractivity contribution in [3.05, 3.63) is 51.4 Å². The van der Waals surface area contributed by atoms with Crippen LogP contribution in [0.25, 0.3) is 11.4 Å². The van der Waals surface area contributed by atoms with Crippen molar-refractivity contribution in [3.63, 3.8) is 0 Å². The van der Waals surface area contributed by atoms with Crippen LogP contribution in [0, 0.1) is 0 Å². The highest BCUT2D eigenvalue weighted by atomic mass is 35.5. The molecule has 0 radical (unpaired) electrons. The molecule has 1 aromatic carbocycles. The summed E-state index contributed by atoms with van der Waals surface area (Å²) in [4.78, 5) is 18.9. The number of H-pyrrole nitrogens is 1. The maximum Gasteiger partial charge on any atom is 0.254 e. The first-order valence-corrected chi connectivity index (χ1v) is 6.07. The van der Waals surface area contributed by atoms with Gasteiger partial charge in [-0.25, -0.2) is 4.98 Å². The molecule has 2 aromatic rings. The Balaban J connectivity index is 2.31. The van der Waals surface area contributed by atoms with E-state index in [-0.39, 0.29) is 5.56 Å². The van der Waals surface area contributed by atoms with Crippen LogP contribution in [0.5, 0.6) is 0 Å². The number of halogens is 1. The summed E-state index contributed by atoms with van der Waals surface area (Å²) in [6.45, 7) is 0.751. The van der Waals surface area contributed by atoms with Gasteiger partial charge in [-0.3, -0.25) is 4.79 Å². The number of nitrogens with zero attached hydrogens (tertiary/aromatic N) is 1. The van der Waals surface area contributed by atoms with Crippen molar-refractivity contribution in [1.29, 1.82) is 0 Å². The second kappa shape index (κ2) is 5.80. The summed E-state index contributed by atoms with van der Waals surface area (Å²) in [5, 5.41) is 3.62. The molecule has 0 saturated heterocycles. The van der Waals surface area contributed by atoms with E-state index >= 15 is 0 Å². The first-order chi connectivity index (χ1) is 8.70. The molecule has 1 aromatic heterocycles. The van der Waals surface area contributed by atoms with E-state index in [1.807, 2.05) is 19.2 Å². The monoisotopic (exact) mass is 263 g/mol. The molecular weight excluding hydrogens is 250 g/mol. The van der Waals surface area contributed by atoms with Crippen molar-refractivity contribution in [3.8, 4) is 11.4 Å². The topological polar surface area (TPSA) is 57.8 Å². The van der Waals surface area contributed by atoms with Crippen LogP contribution in [-0.2, 0) is 6.42 Å². The number of aromatic nitrogens is 2. The smallest absolute Gasteiger partial charge is 0.254 e. The van der Waals surface area contributed by atoms with E-state index in [9.17, 15) is 4.79 Å². The largest absolute Gasteiger partial charge is 0.319 e. The van der Waals surface area contributed by atoms with Crippen LogP contribution in [0.15, 0.2) is 35.3 Å². The molecule has 0 atom stereocenters. The molecule has 0 amide bonds. The van der Waals surface area contributed by atoms with Crippen molar-refractivity contribution >= 4 is 11.6 Å². The Kier molecular flexibility index (Phi) is 4.12. The molecule has 1 heterocycles. The lowest BCUT2D eigenvalue weighted by Gasteiger charge is -2.03. The summed E-state index contributed by atoms with van der Waals surface area (Å²) >= 11 is 5.91. The van der Waals surface area contributed by atoms with Crippen molar-refractivity contribution in [2.75, 3.05) is 13.6 Å². The van der Waals surface area contributed by atoms with E-state index in [0.29, 0.717) is 22.8 Å². The van der Waals surface area contributed by atoms with Gasteiger partial charge in [-0.05, 0) is 32.1 Å². The van der Waals surface area contributed by atoms with Crippen LogP contribution in [0.2, 0.25) is 5.02 Å². The fourth-order valence-electron chi connectivity index (χ4n) is 1.64. The van der Waals surface area contributed by atoms with Gasteiger partial charge in [-0.2, -0.15) is 0 Å². The van der Waals surface area contributed by atoms with Gasteiger partial charge in [-0.15, -0.1) is 0 Å². The number of hydrogen-bond acceptors (Lipinski definition) is 3. The Hall–Kier alpha value is -1.65. The van der Waals surface area contributed by atoms with E-state index in [4.69, 9.17) is 11.6 Å². The first kappa shape index (κ1) is 12.8. The number of hydrogen-bond donors (Lipinski definition) is 2. The predicted octanol–water partition coefficient (Wildman–Crippen LogP) is 1.85. The minimum absolute atomic E-state index is 0.102. The molecular formula is C13H14ClN3O. The molecule has 2 N–H and O–H groups in total. The fraction of sp³-hybridized carbons (Fsp3) is 0.231. The minimum atomic E-state index is -0.102. The average Bonchev–Trinajstić information content (AvgIpc) is 2.37. The van der Waals surface area contributed by atoms with Gasteiger partial charge in [0.2, 0.25) is 0 Å². The number of aromatic amines is 1.